The van der Waals surface area contributed by atoms with E-state index in [2.05, 4.69) is 9.97 Å². The Morgan fingerprint density at radius 3 is 2.57 bits per heavy atom. The van der Waals surface area contributed by atoms with Gasteiger partial charge in [0.1, 0.15) is 16.2 Å². The van der Waals surface area contributed by atoms with Crippen LogP contribution in [0.15, 0.2) is 38.9 Å². The Kier molecular flexibility index (Phi) is 5.23. The van der Waals surface area contributed by atoms with Crippen molar-refractivity contribution in [2.45, 2.75) is 17.2 Å². The molecule has 0 aliphatic rings. The molecule has 0 spiro atoms. The highest BCUT2D eigenvalue weighted by Crippen LogP contribution is 2.29. The molecule has 2 heterocycles. The molecule has 0 amide bonds. The maximum Gasteiger partial charge on any atom is 0.332 e. The molecule has 1 aromatic carbocycles. The van der Waals surface area contributed by atoms with Gasteiger partial charge >= 0.3 is 5.69 Å². The molecule has 3 aromatic rings. The summed E-state index contributed by atoms with van der Waals surface area (Å²) in [6.45, 7) is 1.44. The number of carbonyl (C=O) groups is 1. The molecule has 10 heteroatoms. The number of nitrogens with zero attached hydrogens (tertiary/aromatic N) is 4. The van der Waals surface area contributed by atoms with Crippen LogP contribution in [0.4, 0.5) is 0 Å². The Labute approximate surface area is 163 Å². The van der Waals surface area contributed by atoms with Gasteiger partial charge < -0.3 is 14.6 Å². The number of thioether (sulfide) groups is 1. The van der Waals surface area contributed by atoms with E-state index in [0.29, 0.717) is 11.3 Å². The molecule has 1 atom stereocenters. The van der Waals surface area contributed by atoms with Crippen LogP contribution in [0.25, 0.3) is 22.4 Å². The molecule has 0 radical (unpaired) electrons. The van der Waals surface area contributed by atoms with Crippen LogP contribution in [0, 0.1) is 0 Å². The fourth-order valence-electron chi connectivity index (χ4n) is 2.62. The van der Waals surface area contributed by atoms with E-state index in [-0.39, 0.29) is 21.9 Å². The summed E-state index contributed by atoms with van der Waals surface area (Å²) in [5.41, 5.74) is -0.425. The van der Waals surface area contributed by atoms with Gasteiger partial charge in [-0.3, -0.25) is 13.9 Å². The Morgan fingerprint density at radius 1 is 1.21 bits per heavy atom. The Morgan fingerprint density at radius 2 is 1.93 bits per heavy atom. The van der Waals surface area contributed by atoms with Gasteiger partial charge in [0, 0.05) is 24.9 Å². The number of carboxylic acids is 1. The highest BCUT2D eigenvalue weighted by molar-refractivity contribution is 8.00. The van der Waals surface area contributed by atoms with Gasteiger partial charge in [0.25, 0.3) is 5.56 Å². The van der Waals surface area contributed by atoms with Gasteiger partial charge in [-0.2, -0.15) is 0 Å². The van der Waals surface area contributed by atoms with E-state index in [1.807, 2.05) is 0 Å². The van der Waals surface area contributed by atoms with Gasteiger partial charge in [0.2, 0.25) is 0 Å². The van der Waals surface area contributed by atoms with Crippen LogP contribution < -0.4 is 21.1 Å². The minimum absolute atomic E-state index is 0.0781. The zero-order valence-corrected chi connectivity index (χ0v) is 16.4. The molecule has 3 rings (SSSR count). The quantitative estimate of drug-likeness (QED) is 0.431. The lowest BCUT2D eigenvalue weighted by Crippen LogP contribution is -2.38. The Hall–Kier alpha value is -3.14. The molecule has 146 valence electrons. The SMILES string of the molecule is COc1cccc(-c2nc(S[C@@H](C)C(=O)[O-])c3c(=O)n(C)c(=O)n(C)c3n2)c1. The number of hydrogen-bond donors (Lipinski definition) is 0. The molecule has 28 heavy (non-hydrogen) atoms. The number of methoxy groups -OCH3 is 1. The Balaban J connectivity index is 2.37. The molecule has 0 N–H and O–H groups in total. The van der Waals surface area contributed by atoms with Crippen LogP contribution in [0.1, 0.15) is 6.92 Å². The predicted molar refractivity (Wildman–Crippen MR) is 102 cm³/mol. The van der Waals surface area contributed by atoms with E-state index < -0.39 is 22.5 Å². The highest BCUT2D eigenvalue weighted by atomic mass is 32.2. The van der Waals surface area contributed by atoms with Crippen molar-refractivity contribution in [2.24, 2.45) is 14.1 Å². The molecular formula is C18H17N4O5S-. The first-order chi connectivity index (χ1) is 13.2. The van der Waals surface area contributed by atoms with Gasteiger partial charge in [-0.05, 0) is 19.1 Å². The van der Waals surface area contributed by atoms with Crippen molar-refractivity contribution < 1.29 is 14.6 Å². The van der Waals surface area contributed by atoms with Crippen molar-refractivity contribution in [3.05, 3.63) is 45.1 Å². The average Bonchev–Trinajstić information content (AvgIpc) is 2.69. The minimum atomic E-state index is -1.29. The summed E-state index contributed by atoms with van der Waals surface area (Å²) >= 11 is 0.864. The van der Waals surface area contributed by atoms with Crippen molar-refractivity contribution in [2.75, 3.05) is 7.11 Å². The standard InChI is InChI=1S/C18H18N4O5S/c1-9(17(24)25)28-15-12-14(21(2)18(26)22(3)16(12)23)19-13(20-15)10-6-5-7-11(8-10)27-4/h5-9H,1-4H3,(H,24,25)/p-1/t9-/m0/s1. The average molecular weight is 401 g/mol. The van der Waals surface area contributed by atoms with Crippen molar-refractivity contribution in [3.63, 3.8) is 0 Å². The number of hydrogen-bond acceptors (Lipinski definition) is 8. The van der Waals surface area contributed by atoms with Crippen molar-refractivity contribution in [1.29, 1.82) is 0 Å². The van der Waals surface area contributed by atoms with E-state index in [4.69, 9.17) is 4.74 Å². The third kappa shape index (κ3) is 3.38. The predicted octanol–water partition coefficient (Wildman–Crippen LogP) is -0.0667. The molecule has 2 aromatic heterocycles. The van der Waals surface area contributed by atoms with Crippen LogP contribution in [0.2, 0.25) is 0 Å². The van der Waals surface area contributed by atoms with Crippen molar-refractivity contribution in [1.82, 2.24) is 19.1 Å². The van der Waals surface area contributed by atoms with Crippen LogP contribution in [-0.4, -0.2) is 37.4 Å². The second kappa shape index (κ2) is 7.47. The molecule has 0 aliphatic heterocycles. The topological polar surface area (TPSA) is 119 Å². The summed E-state index contributed by atoms with van der Waals surface area (Å²) in [5, 5.41) is 10.5. The van der Waals surface area contributed by atoms with Crippen LogP contribution >= 0.6 is 11.8 Å². The molecule has 0 aliphatic carbocycles. The number of ether oxygens (including phenoxy) is 1. The largest absolute Gasteiger partial charge is 0.549 e. The van der Waals surface area contributed by atoms with E-state index in [1.165, 1.54) is 32.7 Å². The summed E-state index contributed by atoms with van der Waals surface area (Å²) in [7, 11) is 4.36. The van der Waals surface area contributed by atoms with E-state index >= 15 is 0 Å². The molecule has 0 saturated carbocycles. The number of carbonyl (C=O) groups excluding carboxylic acids is 1. The van der Waals surface area contributed by atoms with E-state index in [0.717, 1.165) is 16.3 Å². The first-order valence-corrected chi connectivity index (χ1v) is 9.12. The smallest absolute Gasteiger partial charge is 0.332 e. The van der Waals surface area contributed by atoms with Crippen molar-refractivity contribution >= 4 is 28.8 Å². The monoisotopic (exact) mass is 401 g/mol. The molecule has 0 fully saturated rings. The summed E-state index contributed by atoms with van der Waals surface area (Å²) in [5.74, 6) is -0.472. The number of benzene rings is 1. The second-order valence-electron chi connectivity index (χ2n) is 6.07. The molecule has 0 saturated heterocycles. The lowest BCUT2D eigenvalue weighted by Gasteiger charge is -2.15. The van der Waals surface area contributed by atoms with Crippen LogP contribution in [0.3, 0.4) is 0 Å². The van der Waals surface area contributed by atoms with E-state index in [1.54, 1.807) is 24.3 Å². The maximum absolute atomic E-state index is 12.7. The molecule has 9 nitrogen and oxygen atoms in total. The highest BCUT2D eigenvalue weighted by Gasteiger charge is 2.20. The van der Waals surface area contributed by atoms with Gasteiger partial charge in [-0.15, -0.1) is 0 Å². The first-order valence-electron chi connectivity index (χ1n) is 8.24. The van der Waals surface area contributed by atoms with Gasteiger partial charge in [0.15, 0.2) is 11.5 Å². The van der Waals surface area contributed by atoms with Crippen LogP contribution in [-0.2, 0) is 18.9 Å². The lowest BCUT2D eigenvalue weighted by atomic mass is 10.2. The third-order valence-electron chi connectivity index (χ3n) is 4.22. The number of aryl methyl sites for hydroxylation is 1. The fraction of sp³-hybridized carbons (Fsp3) is 0.278. The minimum Gasteiger partial charge on any atom is -0.549 e. The number of aliphatic carboxylic acids is 1. The molecule has 0 bridgehead atoms. The zero-order chi connectivity index (χ0) is 20.6. The summed E-state index contributed by atoms with van der Waals surface area (Å²) in [6.07, 6.45) is 0. The third-order valence-corrected chi connectivity index (χ3v) is 5.28. The maximum atomic E-state index is 12.7. The Bertz CT molecular complexity index is 1200. The molecular weight excluding hydrogens is 384 g/mol. The van der Waals surface area contributed by atoms with Gasteiger partial charge in [-0.1, -0.05) is 23.9 Å². The molecule has 0 unspecified atom stereocenters. The van der Waals surface area contributed by atoms with Crippen molar-refractivity contribution in [3.8, 4) is 17.1 Å². The fourth-order valence-corrected chi connectivity index (χ4v) is 3.49. The normalized spacial score (nSPS) is 12.1. The van der Waals surface area contributed by atoms with Gasteiger partial charge in [-0.25, -0.2) is 14.8 Å². The van der Waals surface area contributed by atoms with Gasteiger partial charge in [0.05, 0.1) is 13.1 Å². The number of fused-ring (bicyclic) bond motifs is 1. The summed E-state index contributed by atoms with van der Waals surface area (Å²) < 4.78 is 7.38. The summed E-state index contributed by atoms with van der Waals surface area (Å²) in [4.78, 5) is 45.1. The second-order valence-corrected chi connectivity index (χ2v) is 7.40. The number of rotatable bonds is 5. The number of carboxylic acid groups (broad SMARTS) is 1. The van der Waals surface area contributed by atoms with E-state index in [9.17, 15) is 19.5 Å². The van der Waals surface area contributed by atoms with Crippen LogP contribution in [0.5, 0.6) is 5.75 Å². The lowest BCUT2D eigenvalue weighted by molar-refractivity contribution is -0.304. The summed E-state index contributed by atoms with van der Waals surface area (Å²) in [6, 6.07) is 6.96. The first kappa shape index (κ1) is 19.6. The zero-order valence-electron chi connectivity index (χ0n) is 15.6. The number of aromatic nitrogens is 4.